The van der Waals surface area contributed by atoms with E-state index in [1.54, 1.807) is 0 Å². The Morgan fingerprint density at radius 1 is 1.38 bits per heavy atom. The van der Waals surface area contributed by atoms with E-state index in [9.17, 15) is 0 Å². The molecule has 82 valence electrons. The number of hydrogen-bond donors (Lipinski definition) is 1. The van der Waals surface area contributed by atoms with Crippen molar-refractivity contribution in [2.45, 2.75) is 32.6 Å². The van der Waals surface area contributed by atoms with Gasteiger partial charge in [-0.25, -0.2) is 0 Å². The topological polar surface area (TPSA) is 39.6 Å². The third kappa shape index (κ3) is 1.94. The first-order valence-corrected chi connectivity index (χ1v) is 5.69. The van der Waals surface area contributed by atoms with Crippen molar-refractivity contribution >= 4 is 10.9 Å². The molecular weight excluding hydrogens is 196 g/mol. The molecule has 2 nitrogen and oxygen atoms in total. The van der Waals surface area contributed by atoms with E-state index in [-0.39, 0.29) is 0 Å². The third-order valence-corrected chi connectivity index (χ3v) is 2.96. The highest BCUT2D eigenvalue weighted by molar-refractivity contribution is 5.84. The number of nitrogens with zero attached hydrogens (tertiary/aromatic N) is 1. The summed E-state index contributed by atoms with van der Waals surface area (Å²) < 4.78 is 0. The summed E-state index contributed by atoms with van der Waals surface area (Å²) in [6.45, 7) is 4.39. The minimum atomic E-state index is 0.545. The van der Waals surface area contributed by atoms with Crippen LogP contribution in [0.3, 0.4) is 0 Å². The maximum atomic E-state index is 8.62. The maximum absolute atomic E-state index is 8.62. The minimum absolute atomic E-state index is 0.545. The van der Waals surface area contributed by atoms with Gasteiger partial charge in [-0.3, -0.25) is 0 Å². The van der Waals surface area contributed by atoms with Gasteiger partial charge in [-0.05, 0) is 35.6 Å². The highest BCUT2D eigenvalue weighted by Crippen LogP contribution is 2.24. The van der Waals surface area contributed by atoms with Gasteiger partial charge in [0.2, 0.25) is 0 Å². The SMILES string of the molecule is CC(C)c1ccc2[nH]cc(CCC#N)c2c1. The Morgan fingerprint density at radius 2 is 2.19 bits per heavy atom. The van der Waals surface area contributed by atoms with Gasteiger partial charge in [-0.2, -0.15) is 5.26 Å². The second-order valence-corrected chi connectivity index (χ2v) is 4.43. The highest BCUT2D eigenvalue weighted by atomic mass is 14.7. The number of aromatic nitrogens is 1. The summed E-state index contributed by atoms with van der Waals surface area (Å²) in [5, 5.41) is 9.88. The van der Waals surface area contributed by atoms with Crippen molar-refractivity contribution in [3.8, 4) is 6.07 Å². The molecule has 0 unspecified atom stereocenters. The van der Waals surface area contributed by atoms with E-state index >= 15 is 0 Å². The van der Waals surface area contributed by atoms with Crippen molar-refractivity contribution in [2.75, 3.05) is 0 Å². The number of aryl methyl sites for hydroxylation is 1. The average Bonchev–Trinajstić information content (AvgIpc) is 2.68. The van der Waals surface area contributed by atoms with E-state index in [1.807, 2.05) is 6.20 Å². The fourth-order valence-corrected chi connectivity index (χ4v) is 1.95. The van der Waals surface area contributed by atoms with E-state index in [0.717, 1.165) is 11.9 Å². The molecule has 0 atom stereocenters. The zero-order valence-electron chi connectivity index (χ0n) is 9.75. The standard InChI is InChI=1S/C14H16N2/c1-10(2)11-5-6-14-13(8-11)12(9-16-14)4-3-7-15/h5-6,8-10,16H,3-4H2,1-2H3. The summed E-state index contributed by atoms with van der Waals surface area (Å²) in [5.74, 6) is 0.545. The van der Waals surface area contributed by atoms with Crippen molar-refractivity contribution in [3.63, 3.8) is 0 Å². The number of H-pyrrole nitrogens is 1. The van der Waals surface area contributed by atoms with Gasteiger partial charge < -0.3 is 4.98 Å². The zero-order valence-corrected chi connectivity index (χ0v) is 9.75. The van der Waals surface area contributed by atoms with Crippen molar-refractivity contribution in [1.82, 2.24) is 4.98 Å². The molecule has 0 saturated carbocycles. The number of hydrogen-bond acceptors (Lipinski definition) is 1. The molecule has 1 N–H and O–H groups in total. The van der Waals surface area contributed by atoms with Crippen LogP contribution in [0.15, 0.2) is 24.4 Å². The Balaban J connectivity index is 2.44. The Bertz CT molecular complexity index is 529. The van der Waals surface area contributed by atoms with Crippen molar-refractivity contribution in [3.05, 3.63) is 35.5 Å². The summed E-state index contributed by atoms with van der Waals surface area (Å²) >= 11 is 0. The largest absolute Gasteiger partial charge is 0.361 e. The van der Waals surface area contributed by atoms with E-state index in [1.165, 1.54) is 16.5 Å². The third-order valence-electron chi connectivity index (χ3n) is 2.96. The fraction of sp³-hybridized carbons (Fsp3) is 0.357. The summed E-state index contributed by atoms with van der Waals surface area (Å²) in [7, 11) is 0. The van der Waals surface area contributed by atoms with Crippen LogP contribution >= 0.6 is 0 Å². The van der Waals surface area contributed by atoms with Gasteiger partial charge >= 0.3 is 0 Å². The van der Waals surface area contributed by atoms with E-state index in [0.29, 0.717) is 12.3 Å². The normalized spacial score (nSPS) is 10.9. The van der Waals surface area contributed by atoms with Crippen LogP contribution < -0.4 is 0 Å². The number of rotatable bonds is 3. The molecule has 2 aromatic rings. The Morgan fingerprint density at radius 3 is 2.88 bits per heavy atom. The molecule has 1 aromatic carbocycles. The molecule has 0 aliphatic rings. The zero-order chi connectivity index (χ0) is 11.5. The number of nitriles is 1. The summed E-state index contributed by atoms with van der Waals surface area (Å²) in [6, 6.07) is 8.72. The minimum Gasteiger partial charge on any atom is -0.361 e. The molecule has 2 heteroatoms. The van der Waals surface area contributed by atoms with Gasteiger partial charge in [0.05, 0.1) is 6.07 Å². The molecule has 1 aromatic heterocycles. The van der Waals surface area contributed by atoms with Crippen LogP contribution in [0.2, 0.25) is 0 Å². The fourth-order valence-electron chi connectivity index (χ4n) is 1.95. The Hall–Kier alpha value is -1.75. The lowest BCUT2D eigenvalue weighted by atomic mass is 9.99. The smallest absolute Gasteiger partial charge is 0.0625 e. The summed E-state index contributed by atoms with van der Waals surface area (Å²) in [6.07, 6.45) is 3.43. The predicted octanol–water partition coefficient (Wildman–Crippen LogP) is 3.75. The predicted molar refractivity (Wildman–Crippen MR) is 66.3 cm³/mol. The Labute approximate surface area is 95.9 Å². The van der Waals surface area contributed by atoms with Gasteiger partial charge in [0.25, 0.3) is 0 Å². The van der Waals surface area contributed by atoms with Crippen LogP contribution in [0.4, 0.5) is 0 Å². The molecule has 0 aliphatic carbocycles. The van der Waals surface area contributed by atoms with Crippen LogP contribution in [-0.2, 0) is 6.42 Å². The summed E-state index contributed by atoms with van der Waals surface area (Å²) in [5.41, 5.74) is 3.77. The number of fused-ring (bicyclic) bond motifs is 1. The first-order chi connectivity index (χ1) is 7.72. The highest BCUT2D eigenvalue weighted by Gasteiger charge is 2.06. The number of nitrogens with one attached hydrogen (secondary N) is 1. The molecule has 0 amide bonds. The molecule has 0 radical (unpaired) electrons. The summed E-state index contributed by atoms with van der Waals surface area (Å²) in [4.78, 5) is 3.25. The Kier molecular flexibility index (Phi) is 2.96. The van der Waals surface area contributed by atoms with Crippen molar-refractivity contribution in [1.29, 1.82) is 5.26 Å². The van der Waals surface area contributed by atoms with Crippen LogP contribution in [0.25, 0.3) is 10.9 Å². The monoisotopic (exact) mass is 212 g/mol. The molecule has 0 bridgehead atoms. The lowest BCUT2D eigenvalue weighted by Gasteiger charge is -2.05. The second-order valence-electron chi connectivity index (χ2n) is 4.43. The second kappa shape index (κ2) is 4.40. The number of benzene rings is 1. The van der Waals surface area contributed by atoms with Crippen LogP contribution in [0, 0.1) is 11.3 Å². The van der Waals surface area contributed by atoms with Gasteiger partial charge in [0.15, 0.2) is 0 Å². The van der Waals surface area contributed by atoms with Gasteiger partial charge in [-0.15, -0.1) is 0 Å². The van der Waals surface area contributed by atoms with Gasteiger partial charge in [0.1, 0.15) is 0 Å². The van der Waals surface area contributed by atoms with Crippen molar-refractivity contribution in [2.24, 2.45) is 0 Å². The first-order valence-electron chi connectivity index (χ1n) is 5.69. The van der Waals surface area contributed by atoms with Crippen LogP contribution in [-0.4, -0.2) is 4.98 Å². The lowest BCUT2D eigenvalue weighted by Crippen LogP contribution is -1.87. The number of aromatic amines is 1. The lowest BCUT2D eigenvalue weighted by molar-refractivity contribution is 0.868. The van der Waals surface area contributed by atoms with Crippen LogP contribution in [0.5, 0.6) is 0 Å². The van der Waals surface area contributed by atoms with Gasteiger partial charge in [-0.1, -0.05) is 19.9 Å². The average molecular weight is 212 g/mol. The molecule has 0 spiro atoms. The molecule has 1 heterocycles. The maximum Gasteiger partial charge on any atom is 0.0625 e. The van der Waals surface area contributed by atoms with E-state index in [4.69, 9.17) is 5.26 Å². The molecule has 0 fully saturated rings. The van der Waals surface area contributed by atoms with E-state index in [2.05, 4.69) is 43.1 Å². The molecular formula is C14H16N2. The molecule has 0 saturated heterocycles. The van der Waals surface area contributed by atoms with Crippen molar-refractivity contribution < 1.29 is 0 Å². The van der Waals surface area contributed by atoms with E-state index < -0.39 is 0 Å². The van der Waals surface area contributed by atoms with Crippen LogP contribution in [0.1, 0.15) is 37.3 Å². The molecule has 0 aliphatic heterocycles. The quantitative estimate of drug-likeness (QED) is 0.827. The first kappa shape index (κ1) is 10.8. The molecule has 16 heavy (non-hydrogen) atoms. The molecule has 2 rings (SSSR count). The van der Waals surface area contributed by atoms with Gasteiger partial charge in [0, 0.05) is 23.5 Å².